The van der Waals surface area contributed by atoms with Gasteiger partial charge in [-0.25, -0.2) is 0 Å². The molecule has 1 saturated heterocycles. The van der Waals surface area contributed by atoms with Crippen LogP contribution in [0.3, 0.4) is 0 Å². The molecule has 3 rings (SSSR count). The Morgan fingerprint density at radius 3 is 3.17 bits per heavy atom. The average Bonchev–Trinajstić information content (AvgIpc) is 2.91. The number of rotatable bonds is 2. The second kappa shape index (κ2) is 4.86. The molecule has 1 aromatic rings. The number of anilines is 1. The van der Waals surface area contributed by atoms with Gasteiger partial charge < -0.3 is 20.1 Å². The van der Waals surface area contributed by atoms with Crippen molar-refractivity contribution < 1.29 is 14.3 Å². The smallest absolute Gasteiger partial charge is 0.255 e. The van der Waals surface area contributed by atoms with Crippen LogP contribution >= 0.6 is 0 Å². The average molecular weight is 248 g/mol. The SMILES string of the molecule is O=C(NC1CCOC1)c1cccc2c1OCCN2. The number of nitrogens with one attached hydrogen (secondary N) is 2. The van der Waals surface area contributed by atoms with Gasteiger partial charge in [0.15, 0.2) is 5.75 Å². The highest BCUT2D eigenvalue weighted by Crippen LogP contribution is 2.31. The Labute approximate surface area is 105 Å². The van der Waals surface area contributed by atoms with Gasteiger partial charge in [0.2, 0.25) is 0 Å². The fourth-order valence-electron chi connectivity index (χ4n) is 2.26. The van der Waals surface area contributed by atoms with Gasteiger partial charge >= 0.3 is 0 Å². The molecular weight excluding hydrogens is 232 g/mol. The van der Waals surface area contributed by atoms with Gasteiger partial charge in [-0.3, -0.25) is 4.79 Å². The Balaban J connectivity index is 1.80. The molecule has 5 nitrogen and oxygen atoms in total. The minimum atomic E-state index is -0.0916. The highest BCUT2D eigenvalue weighted by molar-refractivity contribution is 5.99. The second-order valence-corrected chi connectivity index (χ2v) is 4.49. The van der Waals surface area contributed by atoms with Gasteiger partial charge in [0.1, 0.15) is 6.61 Å². The molecule has 0 spiro atoms. The van der Waals surface area contributed by atoms with Gasteiger partial charge in [0.05, 0.1) is 23.9 Å². The molecule has 0 aliphatic carbocycles. The Hall–Kier alpha value is -1.75. The zero-order chi connectivity index (χ0) is 12.4. The predicted molar refractivity (Wildman–Crippen MR) is 67.1 cm³/mol. The number of fused-ring (bicyclic) bond motifs is 1. The van der Waals surface area contributed by atoms with Crippen molar-refractivity contribution in [2.75, 3.05) is 31.7 Å². The summed E-state index contributed by atoms with van der Waals surface area (Å²) < 4.78 is 10.8. The van der Waals surface area contributed by atoms with Gasteiger partial charge in [-0.1, -0.05) is 6.07 Å². The van der Waals surface area contributed by atoms with E-state index in [4.69, 9.17) is 9.47 Å². The van der Waals surface area contributed by atoms with Crippen LogP contribution in [0.1, 0.15) is 16.8 Å². The van der Waals surface area contributed by atoms with E-state index in [1.807, 2.05) is 12.1 Å². The van der Waals surface area contributed by atoms with Crippen molar-refractivity contribution in [3.8, 4) is 5.75 Å². The van der Waals surface area contributed by atoms with Crippen molar-refractivity contribution in [1.82, 2.24) is 5.32 Å². The standard InChI is InChI=1S/C13H16N2O3/c16-13(15-9-4-6-17-8-9)10-2-1-3-11-12(10)18-7-5-14-11/h1-3,9,14H,4-8H2,(H,15,16). The lowest BCUT2D eigenvalue weighted by atomic mass is 10.1. The zero-order valence-corrected chi connectivity index (χ0v) is 10.1. The molecule has 1 fully saturated rings. The molecule has 5 heteroatoms. The fourth-order valence-corrected chi connectivity index (χ4v) is 2.26. The summed E-state index contributed by atoms with van der Waals surface area (Å²) in [5.41, 5.74) is 1.48. The molecule has 1 aromatic carbocycles. The van der Waals surface area contributed by atoms with Crippen molar-refractivity contribution in [2.45, 2.75) is 12.5 Å². The lowest BCUT2D eigenvalue weighted by Gasteiger charge is -2.22. The van der Waals surface area contributed by atoms with E-state index < -0.39 is 0 Å². The second-order valence-electron chi connectivity index (χ2n) is 4.49. The first-order valence-electron chi connectivity index (χ1n) is 6.23. The van der Waals surface area contributed by atoms with Crippen LogP contribution in [0.2, 0.25) is 0 Å². The third kappa shape index (κ3) is 2.13. The number of para-hydroxylation sites is 1. The lowest BCUT2D eigenvalue weighted by molar-refractivity contribution is 0.0926. The van der Waals surface area contributed by atoms with Gasteiger partial charge in [-0.2, -0.15) is 0 Å². The highest BCUT2D eigenvalue weighted by Gasteiger charge is 2.23. The largest absolute Gasteiger partial charge is 0.489 e. The monoisotopic (exact) mass is 248 g/mol. The van der Waals surface area contributed by atoms with Crippen molar-refractivity contribution in [2.24, 2.45) is 0 Å². The summed E-state index contributed by atoms with van der Waals surface area (Å²) in [6.07, 6.45) is 0.875. The van der Waals surface area contributed by atoms with Gasteiger partial charge in [0, 0.05) is 13.2 Å². The van der Waals surface area contributed by atoms with Crippen molar-refractivity contribution in [3.05, 3.63) is 23.8 Å². The van der Waals surface area contributed by atoms with Crippen LogP contribution < -0.4 is 15.4 Å². The summed E-state index contributed by atoms with van der Waals surface area (Å²) in [6.45, 7) is 2.67. The topological polar surface area (TPSA) is 59.6 Å². The normalized spacial score (nSPS) is 21.7. The Morgan fingerprint density at radius 1 is 1.39 bits per heavy atom. The Morgan fingerprint density at radius 2 is 2.33 bits per heavy atom. The van der Waals surface area contributed by atoms with Crippen molar-refractivity contribution in [3.63, 3.8) is 0 Å². The summed E-state index contributed by atoms with van der Waals surface area (Å²) in [6, 6.07) is 5.69. The van der Waals surface area contributed by atoms with E-state index in [-0.39, 0.29) is 11.9 Å². The van der Waals surface area contributed by atoms with Crippen LogP contribution in [0, 0.1) is 0 Å². The predicted octanol–water partition coefficient (Wildman–Crippen LogP) is 1.01. The van der Waals surface area contributed by atoms with Crippen LogP contribution in [0.25, 0.3) is 0 Å². The Bertz CT molecular complexity index is 456. The molecule has 1 atom stereocenters. The van der Waals surface area contributed by atoms with E-state index in [1.54, 1.807) is 6.07 Å². The molecule has 18 heavy (non-hydrogen) atoms. The Kier molecular flexibility index (Phi) is 3.06. The summed E-state index contributed by atoms with van der Waals surface area (Å²) in [5, 5.41) is 6.20. The summed E-state index contributed by atoms with van der Waals surface area (Å²) in [4.78, 5) is 12.2. The van der Waals surface area contributed by atoms with Gasteiger partial charge in [-0.05, 0) is 18.6 Å². The number of ether oxygens (including phenoxy) is 2. The molecule has 1 amide bonds. The quantitative estimate of drug-likeness (QED) is 0.820. The van der Waals surface area contributed by atoms with Crippen LogP contribution in [-0.2, 0) is 4.74 Å². The summed E-state index contributed by atoms with van der Waals surface area (Å²) >= 11 is 0. The van der Waals surface area contributed by atoms with Gasteiger partial charge in [0.25, 0.3) is 5.91 Å². The van der Waals surface area contributed by atoms with Crippen LogP contribution in [-0.4, -0.2) is 38.3 Å². The molecule has 0 saturated carbocycles. The van der Waals surface area contributed by atoms with E-state index in [1.165, 1.54) is 0 Å². The zero-order valence-electron chi connectivity index (χ0n) is 10.1. The van der Waals surface area contributed by atoms with Crippen molar-refractivity contribution in [1.29, 1.82) is 0 Å². The molecule has 2 N–H and O–H groups in total. The number of hydrogen-bond donors (Lipinski definition) is 2. The van der Waals surface area contributed by atoms with Crippen LogP contribution in [0.15, 0.2) is 18.2 Å². The maximum absolute atomic E-state index is 12.2. The van der Waals surface area contributed by atoms with E-state index >= 15 is 0 Å². The molecule has 2 aliphatic rings. The first kappa shape index (κ1) is 11.3. The molecular formula is C13H16N2O3. The molecule has 2 aliphatic heterocycles. The maximum atomic E-state index is 12.2. The minimum Gasteiger partial charge on any atom is -0.489 e. The van der Waals surface area contributed by atoms with Crippen LogP contribution in [0.4, 0.5) is 5.69 Å². The third-order valence-electron chi connectivity index (χ3n) is 3.19. The number of carbonyl (C=O) groups excluding carboxylic acids is 1. The molecule has 2 heterocycles. The van der Waals surface area contributed by atoms with Gasteiger partial charge in [-0.15, -0.1) is 0 Å². The maximum Gasteiger partial charge on any atom is 0.255 e. The molecule has 0 aromatic heterocycles. The number of amides is 1. The van der Waals surface area contributed by atoms with Crippen molar-refractivity contribution >= 4 is 11.6 Å². The van der Waals surface area contributed by atoms with Crippen LogP contribution in [0.5, 0.6) is 5.75 Å². The van der Waals surface area contributed by atoms with E-state index in [0.717, 1.165) is 25.3 Å². The highest BCUT2D eigenvalue weighted by atomic mass is 16.5. The fraction of sp³-hybridized carbons (Fsp3) is 0.462. The molecule has 0 radical (unpaired) electrons. The lowest BCUT2D eigenvalue weighted by Crippen LogP contribution is -2.35. The third-order valence-corrected chi connectivity index (χ3v) is 3.19. The van der Waals surface area contributed by atoms with E-state index in [9.17, 15) is 4.79 Å². The number of carbonyl (C=O) groups is 1. The number of benzene rings is 1. The molecule has 96 valence electrons. The first-order valence-corrected chi connectivity index (χ1v) is 6.23. The van der Waals surface area contributed by atoms with E-state index in [0.29, 0.717) is 24.5 Å². The molecule has 1 unspecified atom stereocenters. The summed E-state index contributed by atoms with van der Waals surface area (Å²) in [5.74, 6) is 0.561. The minimum absolute atomic E-state index is 0.0916. The molecule has 0 bridgehead atoms. The first-order chi connectivity index (χ1) is 8.84. The van der Waals surface area contributed by atoms with E-state index in [2.05, 4.69) is 10.6 Å². The number of hydrogen-bond acceptors (Lipinski definition) is 4. The summed E-state index contributed by atoms with van der Waals surface area (Å²) in [7, 11) is 0.